The summed E-state index contributed by atoms with van der Waals surface area (Å²) in [4.78, 5) is 3.68. The van der Waals surface area contributed by atoms with Crippen molar-refractivity contribution in [2.24, 2.45) is 0 Å². The lowest BCUT2D eigenvalue weighted by molar-refractivity contribution is -0.137. The van der Waals surface area contributed by atoms with Gasteiger partial charge in [0.15, 0.2) is 6.39 Å². The molecule has 0 amide bonds. The molecule has 2 aromatic rings. The van der Waals surface area contributed by atoms with Crippen molar-refractivity contribution in [2.75, 3.05) is 12.4 Å². The molecule has 0 fully saturated rings. The van der Waals surface area contributed by atoms with Gasteiger partial charge in [0.1, 0.15) is 11.5 Å². The molecule has 7 heteroatoms. The van der Waals surface area contributed by atoms with E-state index in [1.54, 1.807) is 0 Å². The molecular formula is C12H11F3N2O2. The van der Waals surface area contributed by atoms with Crippen LogP contribution in [0, 0.1) is 0 Å². The fourth-order valence-corrected chi connectivity index (χ4v) is 1.55. The lowest BCUT2D eigenvalue weighted by Gasteiger charge is -2.15. The van der Waals surface area contributed by atoms with Crippen LogP contribution in [-0.4, -0.2) is 12.1 Å². The number of hydrogen-bond donors (Lipinski definition) is 1. The molecule has 1 aromatic carbocycles. The van der Waals surface area contributed by atoms with E-state index in [1.807, 2.05) is 0 Å². The number of halogens is 3. The predicted octanol–water partition coefficient (Wildman–Crippen LogP) is 3.31. The number of nitrogens with zero attached hydrogens (tertiary/aromatic N) is 1. The van der Waals surface area contributed by atoms with Crippen molar-refractivity contribution < 1.29 is 22.3 Å². The van der Waals surface area contributed by atoms with Crippen molar-refractivity contribution in [1.82, 2.24) is 4.98 Å². The molecule has 0 saturated carbocycles. The Morgan fingerprint density at radius 1 is 1.37 bits per heavy atom. The summed E-state index contributed by atoms with van der Waals surface area (Å²) < 4.78 is 48.4. The van der Waals surface area contributed by atoms with Crippen LogP contribution in [-0.2, 0) is 12.7 Å². The van der Waals surface area contributed by atoms with Crippen molar-refractivity contribution >= 4 is 5.69 Å². The van der Waals surface area contributed by atoms with Crippen LogP contribution >= 0.6 is 0 Å². The number of methoxy groups -OCH3 is 1. The number of oxazole rings is 1. The zero-order valence-electron chi connectivity index (χ0n) is 9.99. The van der Waals surface area contributed by atoms with Crippen LogP contribution in [0.4, 0.5) is 18.9 Å². The monoisotopic (exact) mass is 272 g/mol. The third kappa shape index (κ3) is 3.18. The van der Waals surface area contributed by atoms with Crippen LogP contribution in [0.3, 0.4) is 0 Å². The normalized spacial score (nSPS) is 11.4. The van der Waals surface area contributed by atoms with E-state index in [2.05, 4.69) is 10.3 Å². The van der Waals surface area contributed by atoms with Crippen molar-refractivity contribution in [3.63, 3.8) is 0 Å². The molecule has 0 aliphatic heterocycles. The maximum atomic E-state index is 12.9. The molecule has 0 saturated heterocycles. The number of ether oxygens (including phenoxy) is 1. The van der Waals surface area contributed by atoms with Crippen LogP contribution in [0.25, 0.3) is 0 Å². The van der Waals surface area contributed by atoms with Gasteiger partial charge in [-0.3, -0.25) is 0 Å². The third-order valence-electron chi connectivity index (χ3n) is 2.47. The number of hydrogen-bond acceptors (Lipinski definition) is 4. The Morgan fingerprint density at radius 2 is 2.16 bits per heavy atom. The van der Waals surface area contributed by atoms with E-state index in [1.165, 1.54) is 31.8 Å². The predicted molar refractivity (Wildman–Crippen MR) is 61.8 cm³/mol. The maximum absolute atomic E-state index is 12.9. The molecule has 0 atom stereocenters. The Morgan fingerprint density at radius 3 is 2.74 bits per heavy atom. The van der Waals surface area contributed by atoms with E-state index >= 15 is 0 Å². The van der Waals surface area contributed by atoms with E-state index in [4.69, 9.17) is 9.15 Å². The third-order valence-corrected chi connectivity index (χ3v) is 2.47. The Hall–Kier alpha value is -2.18. The number of anilines is 1. The first-order valence-electron chi connectivity index (χ1n) is 5.37. The summed E-state index contributed by atoms with van der Waals surface area (Å²) in [7, 11) is 1.32. The van der Waals surface area contributed by atoms with Gasteiger partial charge in [0.05, 0.1) is 25.4 Å². The van der Waals surface area contributed by atoms with E-state index < -0.39 is 11.7 Å². The number of alkyl halides is 3. The SMILES string of the molecule is COc1ccc(NCc2cnco2)c(C(F)(F)F)c1. The minimum absolute atomic E-state index is 0.0373. The summed E-state index contributed by atoms with van der Waals surface area (Å²) in [5.74, 6) is 0.599. The zero-order chi connectivity index (χ0) is 13.9. The molecule has 19 heavy (non-hydrogen) atoms. The number of aromatic nitrogens is 1. The van der Waals surface area contributed by atoms with Gasteiger partial charge in [-0.2, -0.15) is 13.2 Å². The summed E-state index contributed by atoms with van der Waals surface area (Å²) in [6.45, 7) is 0.120. The second-order valence-electron chi connectivity index (χ2n) is 3.73. The first-order valence-corrected chi connectivity index (χ1v) is 5.37. The average molecular weight is 272 g/mol. The summed E-state index contributed by atoms with van der Waals surface area (Å²) in [5.41, 5.74) is -0.823. The molecular weight excluding hydrogens is 261 g/mol. The quantitative estimate of drug-likeness (QED) is 0.927. The highest BCUT2D eigenvalue weighted by Gasteiger charge is 2.34. The highest BCUT2D eigenvalue weighted by molar-refractivity contribution is 5.55. The first-order chi connectivity index (χ1) is 9.00. The van der Waals surface area contributed by atoms with E-state index in [0.29, 0.717) is 5.76 Å². The highest BCUT2D eigenvalue weighted by Crippen LogP contribution is 2.37. The van der Waals surface area contributed by atoms with Crippen LogP contribution in [0.15, 0.2) is 35.2 Å². The molecule has 0 spiro atoms. The molecule has 2 rings (SSSR count). The first kappa shape index (κ1) is 13.3. The van der Waals surface area contributed by atoms with Crippen molar-refractivity contribution in [1.29, 1.82) is 0 Å². The van der Waals surface area contributed by atoms with E-state index in [-0.39, 0.29) is 18.0 Å². The van der Waals surface area contributed by atoms with Gasteiger partial charge >= 0.3 is 6.18 Å². The molecule has 1 N–H and O–H groups in total. The molecule has 1 aromatic heterocycles. The molecule has 0 aliphatic carbocycles. The Balaban J connectivity index is 2.23. The minimum Gasteiger partial charge on any atom is -0.497 e. The lowest BCUT2D eigenvalue weighted by Crippen LogP contribution is -2.11. The summed E-state index contributed by atoms with van der Waals surface area (Å²) >= 11 is 0. The second kappa shape index (κ2) is 5.21. The van der Waals surface area contributed by atoms with Crippen LogP contribution in [0.5, 0.6) is 5.75 Å². The van der Waals surface area contributed by atoms with Gasteiger partial charge in [-0.15, -0.1) is 0 Å². The topological polar surface area (TPSA) is 47.3 Å². The largest absolute Gasteiger partial charge is 0.497 e. The maximum Gasteiger partial charge on any atom is 0.418 e. The van der Waals surface area contributed by atoms with Gasteiger partial charge in [0, 0.05) is 5.69 Å². The summed E-state index contributed by atoms with van der Waals surface area (Å²) in [6.07, 6.45) is -1.81. The fraction of sp³-hybridized carbons (Fsp3) is 0.250. The molecule has 0 radical (unpaired) electrons. The summed E-state index contributed by atoms with van der Waals surface area (Å²) in [5, 5.41) is 2.66. The summed E-state index contributed by atoms with van der Waals surface area (Å²) in [6, 6.07) is 3.72. The highest BCUT2D eigenvalue weighted by atomic mass is 19.4. The minimum atomic E-state index is -4.46. The van der Waals surface area contributed by atoms with Crippen LogP contribution < -0.4 is 10.1 Å². The smallest absolute Gasteiger partial charge is 0.418 e. The van der Waals surface area contributed by atoms with Crippen LogP contribution in [0.1, 0.15) is 11.3 Å². The molecule has 0 unspecified atom stereocenters. The van der Waals surface area contributed by atoms with Gasteiger partial charge in [0.25, 0.3) is 0 Å². The molecule has 1 heterocycles. The Kier molecular flexibility index (Phi) is 3.64. The zero-order valence-corrected chi connectivity index (χ0v) is 9.99. The second-order valence-corrected chi connectivity index (χ2v) is 3.73. The van der Waals surface area contributed by atoms with Gasteiger partial charge in [-0.05, 0) is 18.2 Å². The molecule has 0 aliphatic rings. The van der Waals surface area contributed by atoms with E-state index in [9.17, 15) is 13.2 Å². The van der Waals surface area contributed by atoms with Crippen molar-refractivity contribution in [3.05, 3.63) is 42.1 Å². The molecule has 0 bridgehead atoms. The Labute approximate surface area is 107 Å². The van der Waals surface area contributed by atoms with Crippen molar-refractivity contribution in [3.8, 4) is 5.75 Å². The average Bonchev–Trinajstić information content (AvgIpc) is 2.88. The number of benzene rings is 1. The van der Waals surface area contributed by atoms with Gasteiger partial charge < -0.3 is 14.5 Å². The lowest BCUT2D eigenvalue weighted by atomic mass is 10.1. The van der Waals surface area contributed by atoms with Gasteiger partial charge in [-0.25, -0.2) is 4.98 Å². The molecule has 102 valence electrons. The number of rotatable bonds is 4. The Bertz CT molecular complexity index is 538. The van der Waals surface area contributed by atoms with Gasteiger partial charge in [0.2, 0.25) is 0 Å². The van der Waals surface area contributed by atoms with Crippen molar-refractivity contribution in [2.45, 2.75) is 12.7 Å². The number of nitrogens with one attached hydrogen (secondary N) is 1. The molecule has 4 nitrogen and oxygen atoms in total. The van der Waals surface area contributed by atoms with E-state index in [0.717, 1.165) is 6.07 Å². The standard InChI is InChI=1S/C12H11F3N2O2/c1-18-8-2-3-11(10(4-8)12(13,14)15)17-6-9-5-16-7-19-9/h2-5,7,17H,6H2,1H3. The fourth-order valence-electron chi connectivity index (χ4n) is 1.55. The van der Waals surface area contributed by atoms with Crippen LogP contribution in [0.2, 0.25) is 0 Å². The van der Waals surface area contributed by atoms with Gasteiger partial charge in [-0.1, -0.05) is 0 Å².